The molecule has 1 aromatic heterocycles. The van der Waals surface area contributed by atoms with E-state index in [4.69, 9.17) is 9.15 Å². The molecule has 2 aromatic carbocycles. The molecule has 0 aliphatic heterocycles. The third-order valence-corrected chi connectivity index (χ3v) is 3.38. The van der Waals surface area contributed by atoms with Crippen LogP contribution in [0.3, 0.4) is 0 Å². The molecule has 0 saturated carbocycles. The van der Waals surface area contributed by atoms with Gasteiger partial charge in [-0.2, -0.15) is 0 Å². The molecular formula is C17H14O3. The van der Waals surface area contributed by atoms with Gasteiger partial charge in [-0.25, -0.2) is 4.79 Å². The number of hydrogen-bond acceptors (Lipinski definition) is 3. The predicted molar refractivity (Wildman–Crippen MR) is 78.5 cm³/mol. The number of hydrogen-bond donors (Lipinski definition) is 0. The Hall–Kier alpha value is -2.55. The molecule has 3 rings (SSSR count). The van der Waals surface area contributed by atoms with Gasteiger partial charge in [-0.1, -0.05) is 30.3 Å². The first-order valence-electron chi connectivity index (χ1n) is 6.42. The van der Waals surface area contributed by atoms with E-state index < -0.39 is 5.63 Å². The molecule has 0 aliphatic rings. The number of para-hydroxylation sites is 1. The molecule has 0 unspecified atom stereocenters. The van der Waals surface area contributed by atoms with Crippen LogP contribution in [0.1, 0.15) is 11.1 Å². The number of aryl methyl sites for hydroxylation is 1. The van der Waals surface area contributed by atoms with Crippen LogP contribution in [0.15, 0.2) is 57.7 Å². The highest BCUT2D eigenvalue weighted by molar-refractivity contribution is 5.77. The van der Waals surface area contributed by atoms with E-state index in [1.165, 1.54) is 0 Å². The minimum Gasteiger partial charge on any atom is -0.449 e. The van der Waals surface area contributed by atoms with Crippen LogP contribution in [-0.2, 0) is 0 Å². The molecule has 3 nitrogen and oxygen atoms in total. The maximum absolute atomic E-state index is 11.9. The zero-order valence-corrected chi connectivity index (χ0v) is 11.3. The highest BCUT2D eigenvalue weighted by Crippen LogP contribution is 2.26. The van der Waals surface area contributed by atoms with Crippen LogP contribution < -0.4 is 10.4 Å². The van der Waals surface area contributed by atoms with Crippen molar-refractivity contribution < 1.29 is 9.15 Å². The fourth-order valence-electron chi connectivity index (χ4n) is 2.07. The second kappa shape index (κ2) is 4.85. The van der Waals surface area contributed by atoms with E-state index >= 15 is 0 Å². The summed E-state index contributed by atoms with van der Waals surface area (Å²) >= 11 is 0. The van der Waals surface area contributed by atoms with Crippen LogP contribution in [0.4, 0.5) is 0 Å². The van der Waals surface area contributed by atoms with Crippen LogP contribution in [-0.4, -0.2) is 0 Å². The molecule has 3 heteroatoms. The van der Waals surface area contributed by atoms with E-state index in [0.717, 1.165) is 16.5 Å². The Morgan fingerprint density at radius 1 is 0.950 bits per heavy atom. The average molecular weight is 266 g/mol. The number of fused-ring (bicyclic) bond motifs is 1. The lowest BCUT2D eigenvalue weighted by atomic mass is 10.1. The van der Waals surface area contributed by atoms with Crippen molar-refractivity contribution in [2.45, 2.75) is 13.8 Å². The predicted octanol–water partition coefficient (Wildman–Crippen LogP) is 4.20. The van der Waals surface area contributed by atoms with Crippen LogP contribution >= 0.6 is 0 Å². The maximum atomic E-state index is 11.9. The lowest BCUT2D eigenvalue weighted by molar-refractivity contribution is 0.434. The van der Waals surface area contributed by atoms with E-state index in [1.54, 1.807) is 12.1 Å². The van der Waals surface area contributed by atoms with E-state index in [2.05, 4.69) is 0 Å². The summed E-state index contributed by atoms with van der Waals surface area (Å²) in [6.45, 7) is 3.97. The van der Waals surface area contributed by atoms with Gasteiger partial charge in [0.1, 0.15) is 11.3 Å². The summed E-state index contributed by atoms with van der Waals surface area (Å²) in [5.41, 5.74) is 2.23. The first-order valence-corrected chi connectivity index (χ1v) is 6.42. The molecular weight excluding hydrogens is 252 g/mol. The zero-order valence-electron chi connectivity index (χ0n) is 11.3. The standard InChI is InChI=1S/C17H14O3/c1-11-6-5-9-14(12(11)2)19-16-10-13-7-3-4-8-15(13)20-17(16)18/h3-10H,1-2H3. The first kappa shape index (κ1) is 12.5. The van der Waals surface area contributed by atoms with Crippen molar-refractivity contribution in [2.75, 3.05) is 0 Å². The van der Waals surface area contributed by atoms with Crippen molar-refractivity contribution in [3.63, 3.8) is 0 Å². The third kappa shape index (κ3) is 2.18. The third-order valence-electron chi connectivity index (χ3n) is 3.38. The minimum atomic E-state index is -0.468. The van der Waals surface area contributed by atoms with E-state index in [-0.39, 0.29) is 5.75 Å². The second-order valence-electron chi connectivity index (χ2n) is 4.74. The molecule has 3 aromatic rings. The highest BCUT2D eigenvalue weighted by atomic mass is 16.5. The molecule has 0 atom stereocenters. The summed E-state index contributed by atoms with van der Waals surface area (Å²) in [6, 6.07) is 14.8. The van der Waals surface area contributed by atoms with Gasteiger partial charge in [0.15, 0.2) is 0 Å². The van der Waals surface area contributed by atoms with Gasteiger partial charge in [0, 0.05) is 5.39 Å². The highest BCUT2D eigenvalue weighted by Gasteiger charge is 2.09. The summed E-state index contributed by atoms with van der Waals surface area (Å²) in [5.74, 6) is 0.880. The van der Waals surface area contributed by atoms with Gasteiger partial charge in [0.05, 0.1) is 0 Å². The molecule has 0 fully saturated rings. The molecule has 100 valence electrons. The van der Waals surface area contributed by atoms with Crippen molar-refractivity contribution in [1.82, 2.24) is 0 Å². The molecule has 1 heterocycles. The van der Waals surface area contributed by atoms with Crippen LogP contribution in [0.25, 0.3) is 11.0 Å². The van der Waals surface area contributed by atoms with Crippen molar-refractivity contribution >= 4 is 11.0 Å². The lowest BCUT2D eigenvalue weighted by Crippen LogP contribution is -2.03. The second-order valence-corrected chi connectivity index (χ2v) is 4.74. The van der Waals surface area contributed by atoms with Gasteiger partial charge < -0.3 is 9.15 Å². The number of ether oxygens (including phenoxy) is 1. The van der Waals surface area contributed by atoms with Crippen LogP contribution in [0.5, 0.6) is 11.5 Å². The Labute approximate surface area is 116 Å². The van der Waals surface area contributed by atoms with E-state index in [1.807, 2.05) is 50.2 Å². The maximum Gasteiger partial charge on any atom is 0.379 e. The number of benzene rings is 2. The van der Waals surface area contributed by atoms with Gasteiger partial charge in [-0.15, -0.1) is 0 Å². The summed E-state index contributed by atoms with van der Waals surface area (Å²) in [4.78, 5) is 11.9. The normalized spacial score (nSPS) is 10.7. The minimum absolute atomic E-state index is 0.206. The topological polar surface area (TPSA) is 39.4 Å². The smallest absolute Gasteiger partial charge is 0.379 e. The molecule has 0 aliphatic carbocycles. The Balaban J connectivity index is 2.09. The van der Waals surface area contributed by atoms with Gasteiger partial charge in [-0.3, -0.25) is 0 Å². The van der Waals surface area contributed by atoms with Crippen molar-refractivity contribution in [3.8, 4) is 11.5 Å². The lowest BCUT2D eigenvalue weighted by Gasteiger charge is -2.09. The van der Waals surface area contributed by atoms with E-state index in [0.29, 0.717) is 11.3 Å². The van der Waals surface area contributed by atoms with Crippen molar-refractivity contribution in [3.05, 3.63) is 70.1 Å². The van der Waals surface area contributed by atoms with E-state index in [9.17, 15) is 4.79 Å². The molecule has 20 heavy (non-hydrogen) atoms. The largest absolute Gasteiger partial charge is 0.449 e. The molecule has 0 radical (unpaired) electrons. The SMILES string of the molecule is Cc1cccc(Oc2cc3ccccc3oc2=O)c1C. The fourth-order valence-corrected chi connectivity index (χ4v) is 2.07. The van der Waals surface area contributed by atoms with Crippen LogP contribution in [0.2, 0.25) is 0 Å². The Kier molecular flexibility index (Phi) is 3.03. The summed E-state index contributed by atoms with van der Waals surface area (Å²) < 4.78 is 11.0. The first-order chi connectivity index (χ1) is 9.65. The fraction of sp³-hybridized carbons (Fsp3) is 0.118. The van der Waals surface area contributed by atoms with Gasteiger partial charge in [0.25, 0.3) is 0 Å². The molecule has 0 spiro atoms. The monoisotopic (exact) mass is 266 g/mol. The molecule has 0 N–H and O–H groups in total. The average Bonchev–Trinajstić information content (AvgIpc) is 2.44. The Morgan fingerprint density at radius 3 is 2.60 bits per heavy atom. The van der Waals surface area contributed by atoms with Gasteiger partial charge in [-0.05, 0) is 43.2 Å². The van der Waals surface area contributed by atoms with Crippen LogP contribution in [0, 0.1) is 13.8 Å². The Morgan fingerprint density at radius 2 is 1.75 bits per heavy atom. The number of rotatable bonds is 2. The van der Waals surface area contributed by atoms with Gasteiger partial charge in [0.2, 0.25) is 5.75 Å². The van der Waals surface area contributed by atoms with Crippen molar-refractivity contribution in [2.24, 2.45) is 0 Å². The molecule has 0 bridgehead atoms. The molecule has 0 amide bonds. The summed E-state index contributed by atoms with van der Waals surface area (Å²) in [7, 11) is 0. The van der Waals surface area contributed by atoms with Crippen molar-refractivity contribution in [1.29, 1.82) is 0 Å². The zero-order chi connectivity index (χ0) is 14.1. The van der Waals surface area contributed by atoms with Gasteiger partial charge >= 0.3 is 5.63 Å². The summed E-state index contributed by atoms with van der Waals surface area (Å²) in [6.07, 6.45) is 0. The quantitative estimate of drug-likeness (QED) is 0.652. The summed E-state index contributed by atoms with van der Waals surface area (Å²) in [5, 5.41) is 0.840. The molecule has 0 saturated heterocycles. The Bertz CT molecular complexity index is 831.